The Morgan fingerprint density at radius 2 is 1.85 bits per heavy atom. The van der Waals surface area contributed by atoms with Gasteiger partial charge in [-0.05, 0) is 39.8 Å². The second kappa shape index (κ2) is 10.5. The van der Waals surface area contributed by atoms with E-state index in [0.717, 1.165) is 12.8 Å². The van der Waals surface area contributed by atoms with Crippen LogP contribution in [0.25, 0.3) is 0 Å². The van der Waals surface area contributed by atoms with Gasteiger partial charge in [-0.1, -0.05) is 13.3 Å². The minimum atomic E-state index is -0.758. The summed E-state index contributed by atoms with van der Waals surface area (Å²) in [4.78, 5) is 24.1. The summed E-state index contributed by atoms with van der Waals surface area (Å²) in [6, 6.07) is 0.131. The molecule has 6 heteroatoms. The third-order valence-corrected chi connectivity index (χ3v) is 3.62. The maximum absolute atomic E-state index is 11.6. The average molecular weight is 287 g/mol. The molecule has 0 spiro atoms. The Morgan fingerprint density at radius 1 is 1.20 bits per heavy atom. The quantitative estimate of drug-likeness (QED) is 0.569. The van der Waals surface area contributed by atoms with Crippen molar-refractivity contribution in [3.05, 3.63) is 0 Å². The molecule has 0 aromatic carbocycles. The Bertz CT molecular complexity index is 295. The summed E-state index contributed by atoms with van der Waals surface area (Å²) in [7, 11) is 3.94. The Labute approximate surface area is 121 Å². The molecule has 2 amide bonds. The standard InChI is InChI=1S/C14H29N3O3/c1-5-12(6-7-13(18)19)8-9-15-14(20)16-10-11(2)17(3)4/h11-12H,5-10H2,1-4H3,(H,18,19)(H2,15,16,20). The first kappa shape index (κ1) is 18.7. The van der Waals surface area contributed by atoms with Crippen molar-refractivity contribution in [3.63, 3.8) is 0 Å². The van der Waals surface area contributed by atoms with Crippen molar-refractivity contribution in [1.29, 1.82) is 0 Å². The van der Waals surface area contributed by atoms with Crippen molar-refractivity contribution in [2.24, 2.45) is 5.92 Å². The predicted molar refractivity (Wildman–Crippen MR) is 79.8 cm³/mol. The summed E-state index contributed by atoms with van der Waals surface area (Å²) in [5.74, 6) is -0.404. The Morgan fingerprint density at radius 3 is 2.35 bits per heavy atom. The fourth-order valence-corrected chi connectivity index (χ4v) is 1.76. The number of rotatable bonds is 10. The lowest BCUT2D eigenvalue weighted by Gasteiger charge is -2.20. The second-order valence-electron chi connectivity index (χ2n) is 5.44. The van der Waals surface area contributed by atoms with Gasteiger partial charge in [0.25, 0.3) is 0 Å². The van der Waals surface area contributed by atoms with Crippen molar-refractivity contribution in [2.75, 3.05) is 27.2 Å². The van der Waals surface area contributed by atoms with Crippen molar-refractivity contribution in [2.45, 2.75) is 45.6 Å². The van der Waals surface area contributed by atoms with Crippen LogP contribution in [-0.4, -0.2) is 55.2 Å². The fourth-order valence-electron chi connectivity index (χ4n) is 1.76. The molecule has 0 bridgehead atoms. The van der Waals surface area contributed by atoms with Gasteiger partial charge in [0.05, 0.1) is 0 Å². The van der Waals surface area contributed by atoms with Gasteiger partial charge >= 0.3 is 12.0 Å². The first-order chi connectivity index (χ1) is 9.36. The summed E-state index contributed by atoms with van der Waals surface area (Å²) >= 11 is 0. The molecule has 118 valence electrons. The van der Waals surface area contributed by atoms with Gasteiger partial charge in [-0.15, -0.1) is 0 Å². The van der Waals surface area contributed by atoms with Crippen LogP contribution >= 0.6 is 0 Å². The number of amides is 2. The zero-order chi connectivity index (χ0) is 15.5. The number of urea groups is 1. The summed E-state index contributed by atoms with van der Waals surface area (Å²) in [6.07, 6.45) is 2.63. The third-order valence-electron chi connectivity index (χ3n) is 3.62. The van der Waals surface area contributed by atoms with Crippen molar-refractivity contribution in [3.8, 4) is 0 Å². The highest BCUT2D eigenvalue weighted by atomic mass is 16.4. The highest BCUT2D eigenvalue weighted by Crippen LogP contribution is 2.14. The van der Waals surface area contributed by atoms with Crippen molar-refractivity contribution < 1.29 is 14.7 Å². The van der Waals surface area contributed by atoms with Crippen LogP contribution in [0.4, 0.5) is 4.79 Å². The molecule has 3 N–H and O–H groups in total. The smallest absolute Gasteiger partial charge is 0.314 e. The predicted octanol–water partition coefficient (Wildman–Crippen LogP) is 1.52. The Balaban J connectivity index is 3.75. The van der Waals surface area contributed by atoms with Gasteiger partial charge in [0, 0.05) is 25.6 Å². The number of hydrogen-bond acceptors (Lipinski definition) is 3. The molecule has 6 nitrogen and oxygen atoms in total. The molecule has 0 saturated carbocycles. The van der Waals surface area contributed by atoms with Gasteiger partial charge < -0.3 is 20.6 Å². The van der Waals surface area contributed by atoms with Crippen LogP contribution in [0.5, 0.6) is 0 Å². The molecule has 2 unspecified atom stereocenters. The van der Waals surface area contributed by atoms with E-state index in [1.165, 1.54) is 0 Å². The molecule has 0 aliphatic heterocycles. The fraction of sp³-hybridized carbons (Fsp3) is 0.857. The summed E-state index contributed by atoms with van der Waals surface area (Å²) in [5, 5.41) is 14.3. The van der Waals surface area contributed by atoms with Crippen LogP contribution in [0.3, 0.4) is 0 Å². The lowest BCUT2D eigenvalue weighted by Crippen LogP contribution is -2.43. The van der Waals surface area contributed by atoms with Crippen LogP contribution in [0.1, 0.15) is 39.5 Å². The lowest BCUT2D eigenvalue weighted by atomic mass is 9.97. The van der Waals surface area contributed by atoms with Crippen molar-refractivity contribution in [1.82, 2.24) is 15.5 Å². The molecule has 0 aromatic heterocycles. The highest BCUT2D eigenvalue weighted by molar-refractivity contribution is 5.73. The van der Waals surface area contributed by atoms with E-state index < -0.39 is 5.97 Å². The number of nitrogens with zero attached hydrogens (tertiary/aromatic N) is 1. The number of carboxylic acids is 1. The molecule has 0 saturated heterocycles. The Hall–Kier alpha value is -1.30. The van der Waals surface area contributed by atoms with Crippen LogP contribution in [0.15, 0.2) is 0 Å². The van der Waals surface area contributed by atoms with E-state index in [2.05, 4.69) is 10.6 Å². The molecule has 20 heavy (non-hydrogen) atoms. The van der Waals surface area contributed by atoms with Crippen LogP contribution in [-0.2, 0) is 4.79 Å². The minimum Gasteiger partial charge on any atom is -0.481 e. The van der Waals surface area contributed by atoms with E-state index in [1.807, 2.05) is 32.8 Å². The Kier molecular flexibility index (Phi) is 9.80. The average Bonchev–Trinajstić information content (AvgIpc) is 2.39. The number of carbonyl (C=O) groups excluding carboxylic acids is 1. The first-order valence-electron chi connectivity index (χ1n) is 7.26. The van der Waals surface area contributed by atoms with E-state index in [1.54, 1.807) is 0 Å². The van der Waals surface area contributed by atoms with E-state index in [0.29, 0.717) is 31.5 Å². The summed E-state index contributed by atoms with van der Waals surface area (Å²) in [5.41, 5.74) is 0. The van der Waals surface area contributed by atoms with Gasteiger partial charge in [-0.25, -0.2) is 4.79 Å². The second-order valence-corrected chi connectivity index (χ2v) is 5.44. The molecular formula is C14H29N3O3. The largest absolute Gasteiger partial charge is 0.481 e. The lowest BCUT2D eigenvalue weighted by molar-refractivity contribution is -0.137. The first-order valence-corrected chi connectivity index (χ1v) is 7.26. The molecule has 2 atom stereocenters. The van der Waals surface area contributed by atoms with Gasteiger partial charge in [-0.3, -0.25) is 4.79 Å². The molecule has 0 heterocycles. The number of carboxylic acid groups (broad SMARTS) is 1. The molecule has 0 aromatic rings. The number of carbonyl (C=O) groups is 2. The number of hydrogen-bond donors (Lipinski definition) is 3. The summed E-state index contributed by atoms with van der Waals surface area (Å²) < 4.78 is 0. The van der Waals surface area contributed by atoms with Crippen molar-refractivity contribution >= 4 is 12.0 Å². The SMILES string of the molecule is CCC(CCNC(=O)NCC(C)N(C)C)CCC(=O)O. The van der Waals surface area contributed by atoms with Gasteiger partial charge in [0.1, 0.15) is 0 Å². The number of likely N-dealkylation sites (N-methyl/N-ethyl adjacent to an activating group) is 1. The molecule has 0 fully saturated rings. The summed E-state index contributed by atoms with van der Waals surface area (Å²) in [6.45, 7) is 5.28. The zero-order valence-corrected chi connectivity index (χ0v) is 13.1. The van der Waals surface area contributed by atoms with E-state index in [-0.39, 0.29) is 12.5 Å². The molecule has 0 aliphatic carbocycles. The monoisotopic (exact) mass is 287 g/mol. The van der Waals surface area contributed by atoms with E-state index >= 15 is 0 Å². The van der Waals surface area contributed by atoms with Gasteiger partial charge in [0.2, 0.25) is 0 Å². The number of nitrogens with one attached hydrogen (secondary N) is 2. The van der Waals surface area contributed by atoms with Gasteiger partial charge in [-0.2, -0.15) is 0 Å². The highest BCUT2D eigenvalue weighted by Gasteiger charge is 2.10. The van der Waals surface area contributed by atoms with Crippen LogP contribution < -0.4 is 10.6 Å². The zero-order valence-electron chi connectivity index (χ0n) is 13.1. The minimum absolute atomic E-state index is 0.160. The maximum atomic E-state index is 11.6. The molecule has 0 radical (unpaired) electrons. The molecule has 0 aliphatic rings. The molecular weight excluding hydrogens is 258 g/mol. The van der Waals surface area contributed by atoms with E-state index in [4.69, 9.17) is 5.11 Å². The van der Waals surface area contributed by atoms with Crippen LogP contribution in [0, 0.1) is 5.92 Å². The third kappa shape index (κ3) is 9.61. The normalized spacial score (nSPS) is 13.8. The molecule has 0 rings (SSSR count). The van der Waals surface area contributed by atoms with Gasteiger partial charge in [0.15, 0.2) is 0 Å². The van der Waals surface area contributed by atoms with E-state index in [9.17, 15) is 9.59 Å². The van der Waals surface area contributed by atoms with Crippen LogP contribution in [0.2, 0.25) is 0 Å². The topological polar surface area (TPSA) is 81.7 Å². The maximum Gasteiger partial charge on any atom is 0.314 e. The number of aliphatic carboxylic acids is 1.